The highest BCUT2D eigenvalue weighted by Gasteiger charge is 2.23. The number of cyclic esters (lactones) is 1. The van der Waals surface area contributed by atoms with Crippen LogP contribution in [-0.2, 0) is 14.8 Å². The Bertz CT molecular complexity index is 618. The largest absolute Gasteiger partial charge is 0.489 e. The fraction of sp³-hybridized carbons (Fsp3) is 0.417. The van der Waals surface area contributed by atoms with Crippen molar-refractivity contribution in [2.75, 3.05) is 13.2 Å². The Kier molecular flexibility index (Phi) is 3.87. The van der Waals surface area contributed by atoms with Crippen molar-refractivity contribution in [3.63, 3.8) is 0 Å². The molecule has 1 unspecified atom stereocenters. The SMILES string of the molecule is Cc1cc(S(N)(=O)=O)cc(C)c1OCC1CNC(=O)O1. The van der Waals surface area contributed by atoms with E-state index in [9.17, 15) is 13.2 Å². The average Bonchev–Trinajstić information content (AvgIpc) is 2.72. The Labute approximate surface area is 117 Å². The van der Waals surface area contributed by atoms with E-state index in [1.807, 2.05) is 0 Å². The summed E-state index contributed by atoms with van der Waals surface area (Å²) in [6.45, 7) is 4.06. The molecule has 1 fully saturated rings. The van der Waals surface area contributed by atoms with Crippen LogP contribution in [0.15, 0.2) is 17.0 Å². The molecule has 0 spiro atoms. The molecule has 0 saturated carbocycles. The number of hydrogen-bond donors (Lipinski definition) is 2. The summed E-state index contributed by atoms with van der Waals surface area (Å²) in [6, 6.07) is 2.91. The first-order valence-electron chi connectivity index (χ1n) is 5.98. The molecule has 7 nitrogen and oxygen atoms in total. The van der Waals surface area contributed by atoms with E-state index in [-0.39, 0.29) is 17.6 Å². The number of nitrogens with two attached hydrogens (primary N) is 1. The van der Waals surface area contributed by atoms with Gasteiger partial charge in [-0.1, -0.05) is 0 Å². The van der Waals surface area contributed by atoms with Crippen LogP contribution >= 0.6 is 0 Å². The maximum Gasteiger partial charge on any atom is 0.407 e. The van der Waals surface area contributed by atoms with Gasteiger partial charge in [-0.05, 0) is 37.1 Å². The van der Waals surface area contributed by atoms with Crippen LogP contribution in [0.2, 0.25) is 0 Å². The smallest absolute Gasteiger partial charge is 0.407 e. The van der Waals surface area contributed by atoms with Crippen LogP contribution in [0.4, 0.5) is 4.79 Å². The van der Waals surface area contributed by atoms with Gasteiger partial charge in [-0.25, -0.2) is 18.4 Å². The number of carbonyl (C=O) groups is 1. The number of alkyl carbamates (subject to hydrolysis) is 1. The molecule has 0 bridgehead atoms. The third-order valence-electron chi connectivity index (χ3n) is 2.92. The second-order valence-electron chi connectivity index (χ2n) is 4.65. The lowest BCUT2D eigenvalue weighted by Gasteiger charge is -2.15. The first kappa shape index (κ1) is 14.6. The molecule has 1 aliphatic rings. The van der Waals surface area contributed by atoms with E-state index in [2.05, 4.69) is 5.32 Å². The molecule has 20 heavy (non-hydrogen) atoms. The van der Waals surface area contributed by atoms with Gasteiger partial charge in [0.25, 0.3) is 0 Å². The standard InChI is InChI=1S/C12H16N2O5S/c1-7-3-10(20(13,16)17)4-8(2)11(7)18-6-9-5-14-12(15)19-9/h3-4,9H,5-6H2,1-2H3,(H,14,15)(H2,13,16,17). The van der Waals surface area contributed by atoms with Gasteiger partial charge in [0, 0.05) is 0 Å². The minimum atomic E-state index is -3.74. The molecular formula is C12H16N2O5S. The highest BCUT2D eigenvalue weighted by molar-refractivity contribution is 7.89. The monoisotopic (exact) mass is 300 g/mol. The lowest BCUT2D eigenvalue weighted by molar-refractivity contribution is 0.104. The van der Waals surface area contributed by atoms with Crippen molar-refractivity contribution in [2.45, 2.75) is 24.8 Å². The second kappa shape index (κ2) is 5.29. The van der Waals surface area contributed by atoms with Crippen molar-refractivity contribution in [1.29, 1.82) is 0 Å². The van der Waals surface area contributed by atoms with Gasteiger partial charge in [-0.15, -0.1) is 0 Å². The van der Waals surface area contributed by atoms with Gasteiger partial charge in [0.1, 0.15) is 12.4 Å². The molecule has 0 aliphatic carbocycles. The van der Waals surface area contributed by atoms with Crippen molar-refractivity contribution in [3.8, 4) is 5.75 Å². The molecule has 3 N–H and O–H groups in total. The fourth-order valence-corrected chi connectivity index (χ4v) is 2.69. The van der Waals surface area contributed by atoms with Gasteiger partial charge < -0.3 is 14.8 Å². The summed E-state index contributed by atoms with van der Waals surface area (Å²) < 4.78 is 33.2. The van der Waals surface area contributed by atoms with Crippen LogP contribution in [0.1, 0.15) is 11.1 Å². The van der Waals surface area contributed by atoms with Crippen molar-refractivity contribution >= 4 is 16.1 Å². The van der Waals surface area contributed by atoms with Crippen molar-refractivity contribution in [1.82, 2.24) is 5.32 Å². The van der Waals surface area contributed by atoms with Crippen LogP contribution < -0.4 is 15.2 Å². The zero-order chi connectivity index (χ0) is 14.9. The van der Waals surface area contributed by atoms with Crippen LogP contribution in [0.25, 0.3) is 0 Å². The Morgan fingerprint density at radius 3 is 2.45 bits per heavy atom. The number of amides is 1. The molecule has 1 amide bonds. The number of nitrogens with one attached hydrogen (secondary N) is 1. The molecule has 1 saturated heterocycles. The fourth-order valence-electron chi connectivity index (χ4n) is 2.00. The number of rotatable bonds is 4. The predicted molar refractivity (Wildman–Crippen MR) is 71.1 cm³/mol. The molecule has 0 radical (unpaired) electrons. The number of ether oxygens (including phenoxy) is 2. The van der Waals surface area contributed by atoms with Gasteiger partial charge in [0.05, 0.1) is 11.4 Å². The van der Waals surface area contributed by atoms with Crippen molar-refractivity contribution in [2.24, 2.45) is 5.14 Å². The molecule has 1 aromatic rings. The van der Waals surface area contributed by atoms with Crippen LogP contribution in [-0.4, -0.2) is 33.8 Å². The summed E-state index contributed by atoms with van der Waals surface area (Å²) in [6.07, 6.45) is -0.809. The number of primary sulfonamides is 1. The zero-order valence-corrected chi connectivity index (χ0v) is 12.0. The topological polar surface area (TPSA) is 108 Å². The van der Waals surface area contributed by atoms with Crippen LogP contribution in [0, 0.1) is 13.8 Å². The first-order valence-corrected chi connectivity index (χ1v) is 7.53. The average molecular weight is 300 g/mol. The number of hydrogen-bond acceptors (Lipinski definition) is 5. The highest BCUT2D eigenvalue weighted by atomic mass is 32.2. The molecule has 8 heteroatoms. The predicted octanol–water partition coefficient (Wildman–Crippen LogP) is 0.438. The van der Waals surface area contributed by atoms with E-state index in [1.165, 1.54) is 12.1 Å². The van der Waals surface area contributed by atoms with E-state index >= 15 is 0 Å². The van der Waals surface area contributed by atoms with E-state index in [0.29, 0.717) is 23.4 Å². The lowest BCUT2D eigenvalue weighted by Crippen LogP contribution is -2.22. The van der Waals surface area contributed by atoms with Crippen molar-refractivity contribution < 1.29 is 22.7 Å². The van der Waals surface area contributed by atoms with Gasteiger partial charge in [-0.2, -0.15) is 0 Å². The molecule has 110 valence electrons. The molecule has 0 aromatic heterocycles. The number of sulfonamides is 1. The summed E-state index contributed by atoms with van der Waals surface area (Å²) in [5.74, 6) is 0.570. The Morgan fingerprint density at radius 2 is 2.00 bits per heavy atom. The Morgan fingerprint density at radius 1 is 1.40 bits per heavy atom. The minimum absolute atomic E-state index is 0.0498. The highest BCUT2D eigenvalue weighted by Crippen LogP contribution is 2.26. The maximum atomic E-state index is 11.3. The quantitative estimate of drug-likeness (QED) is 0.838. The van der Waals surface area contributed by atoms with Crippen LogP contribution in [0.3, 0.4) is 0 Å². The molecule has 1 heterocycles. The van der Waals surface area contributed by atoms with E-state index in [4.69, 9.17) is 14.6 Å². The molecule has 1 aliphatic heterocycles. The summed E-state index contributed by atoms with van der Waals surface area (Å²) >= 11 is 0. The van der Waals surface area contributed by atoms with Gasteiger partial charge in [0.15, 0.2) is 6.10 Å². The normalized spacial score (nSPS) is 18.6. The lowest BCUT2D eigenvalue weighted by atomic mass is 10.1. The van der Waals surface area contributed by atoms with Crippen LogP contribution in [0.5, 0.6) is 5.75 Å². The maximum absolute atomic E-state index is 11.3. The third-order valence-corrected chi connectivity index (χ3v) is 3.82. The van der Waals surface area contributed by atoms with Gasteiger partial charge in [0.2, 0.25) is 10.0 Å². The summed E-state index contributed by atoms with van der Waals surface area (Å²) in [4.78, 5) is 10.9. The summed E-state index contributed by atoms with van der Waals surface area (Å²) in [5.41, 5.74) is 1.32. The molecular weight excluding hydrogens is 284 g/mol. The number of aryl methyl sites for hydroxylation is 2. The Hall–Kier alpha value is -1.80. The van der Waals surface area contributed by atoms with E-state index < -0.39 is 16.1 Å². The Balaban J connectivity index is 2.14. The number of carbonyl (C=O) groups excluding carboxylic acids is 1. The van der Waals surface area contributed by atoms with Crippen molar-refractivity contribution in [3.05, 3.63) is 23.3 Å². The number of benzene rings is 1. The van der Waals surface area contributed by atoms with Gasteiger partial charge in [-0.3, -0.25) is 0 Å². The molecule has 1 atom stereocenters. The summed E-state index contributed by atoms with van der Waals surface area (Å²) in [7, 11) is -3.74. The molecule has 2 rings (SSSR count). The third kappa shape index (κ3) is 3.20. The van der Waals surface area contributed by atoms with E-state index in [1.54, 1.807) is 13.8 Å². The van der Waals surface area contributed by atoms with E-state index in [0.717, 1.165) is 0 Å². The van der Waals surface area contributed by atoms with Gasteiger partial charge >= 0.3 is 6.09 Å². The first-order chi connectivity index (χ1) is 9.27. The minimum Gasteiger partial charge on any atom is -0.489 e. The summed E-state index contributed by atoms with van der Waals surface area (Å²) in [5, 5.41) is 7.63. The molecule has 1 aromatic carbocycles. The second-order valence-corrected chi connectivity index (χ2v) is 6.21. The zero-order valence-electron chi connectivity index (χ0n) is 11.2.